The Morgan fingerprint density at radius 2 is 1.89 bits per heavy atom. The van der Waals surface area contributed by atoms with Gasteiger partial charge in [0.15, 0.2) is 5.65 Å². The molecular formula is C28H31ClN6O2. The van der Waals surface area contributed by atoms with Crippen LogP contribution in [0.3, 0.4) is 0 Å². The summed E-state index contributed by atoms with van der Waals surface area (Å²) >= 11 is 6.28. The molecule has 2 heterocycles. The summed E-state index contributed by atoms with van der Waals surface area (Å²) in [5.74, 6) is 2.41. The average Bonchev–Trinajstić information content (AvgIpc) is 3.27. The highest BCUT2D eigenvalue weighted by Crippen LogP contribution is 2.34. The second-order valence-corrected chi connectivity index (χ2v) is 9.79. The van der Waals surface area contributed by atoms with E-state index in [1.54, 1.807) is 25.3 Å². The van der Waals surface area contributed by atoms with Crippen molar-refractivity contribution in [2.75, 3.05) is 25.5 Å². The molecule has 0 radical (unpaired) electrons. The number of anilines is 1. The number of amides is 1. The van der Waals surface area contributed by atoms with Crippen LogP contribution in [0.4, 0.5) is 5.82 Å². The first kappa shape index (κ1) is 25.0. The van der Waals surface area contributed by atoms with Crippen molar-refractivity contribution in [2.24, 2.45) is 0 Å². The highest BCUT2D eigenvalue weighted by molar-refractivity contribution is 6.30. The topological polar surface area (TPSA) is 94.0 Å². The van der Waals surface area contributed by atoms with E-state index in [-0.39, 0.29) is 5.91 Å². The van der Waals surface area contributed by atoms with E-state index in [0.717, 1.165) is 46.9 Å². The predicted molar refractivity (Wildman–Crippen MR) is 146 cm³/mol. The van der Waals surface area contributed by atoms with Crippen LogP contribution in [-0.4, -0.2) is 45.9 Å². The van der Waals surface area contributed by atoms with Gasteiger partial charge in [-0.05, 0) is 56.2 Å². The van der Waals surface area contributed by atoms with Crippen LogP contribution in [0.25, 0.3) is 16.7 Å². The average molecular weight is 519 g/mol. The first-order valence-electron chi connectivity index (χ1n) is 12.7. The summed E-state index contributed by atoms with van der Waals surface area (Å²) in [6.45, 7) is 2.90. The van der Waals surface area contributed by atoms with E-state index >= 15 is 0 Å². The number of aromatic nitrogens is 4. The maximum atomic E-state index is 12.6. The number of nitrogens with zero attached hydrogens (tertiary/aromatic N) is 4. The number of aryl methyl sites for hydroxylation is 1. The largest absolute Gasteiger partial charge is 0.497 e. The Morgan fingerprint density at radius 3 is 2.68 bits per heavy atom. The maximum Gasteiger partial charge on any atom is 0.251 e. The lowest BCUT2D eigenvalue weighted by Crippen LogP contribution is -2.29. The van der Waals surface area contributed by atoms with Gasteiger partial charge in [-0.15, -0.1) is 0 Å². The van der Waals surface area contributed by atoms with Gasteiger partial charge in [-0.1, -0.05) is 43.0 Å². The molecule has 0 aliphatic heterocycles. The summed E-state index contributed by atoms with van der Waals surface area (Å²) in [7, 11) is 1.58. The van der Waals surface area contributed by atoms with Crippen LogP contribution in [0.1, 0.15) is 59.9 Å². The van der Waals surface area contributed by atoms with Crippen molar-refractivity contribution in [3.8, 4) is 11.4 Å². The van der Waals surface area contributed by atoms with Gasteiger partial charge in [-0.2, -0.15) is 5.10 Å². The summed E-state index contributed by atoms with van der Waals surface area (Å²) in [5.41, 5.74) is 3.00. The van der Waals surface area contributed by atoms with E-state index in [2.05, 4.69) is 10.6 Å². The lowest BCUT2D eigenvalue weighted by molar-refractivity contribution is 0.0955. The number of hydrogen-bond donors (Lipinski definition) is 2. The molecule has 5 rings (SSSR count). The van der Waals surface area contributed by atoms with E-state index in [9.17, 15) is 4.79 Å². The van der Waals surface area contributed by atoms with E-state index in [0.29, 0.717) is 35.3 Å². The molecule has 2 aromatic carbocycles. The number of hydrogen-bond acceptors (Lipinski definition) is 6. The fourth-order valence-corrected chi connectivity index (χ4v) is 5.07. The highest BCUT2D eigenvalue weighted by atomic mass is 35.5. The van der Waals surface area contributed by atoms with E-state index in [1.807, 2.05) is 41.9 Å². The molecule has 37 heavy (non-hydrogen) atoms. The Bertz CT molecular complexity index is 1410. The monoisotopic (exact) mass is 518 g/mol. The molecule has 8 nitrogen and oxygen atoms in total. The number of halogens is 1. The minimum absolute atomic E-state index is 0.151. The lowest BCUT2D eigenvalue weighted by Gasteiger charge is -2.21. The van der Waals surface area contributed by atoms with Crippen LogP contribution in [0, 0.1) is 6.92 Å². The van der Waals surface area contributed by atoms with Crippen molar-refractivity contribution in [3.05, 3.63) is 70.6 Å². The summed E-state index contributed by atoms with van der Waals surface area (Å²) in [4.78, 5) is 22.6. The zero-order valence-electron chi connectivity index (χ0n) is 21.1. The van der Waals surface area contributed by atoms with Crippen LogP contribution in [0.15, 0.2) is 48.5 Å². The van der Waals surface area contributed by atoms with Crippen molar-refractivity contribution in [1.29, 1.82) is 0 Å². The number of carbonyl (C=O) groups is 1. The second kappa shape index (κ2) is 11.2. The van der Waals surface area contributed by atoms with Crippen LogP contribution >= 0.6 is 11.6 Å². The standard InChI is InChI=1S/C28H31ClN6O2/c1-18-24-26(30-14-15-31-28(36)20-10-6-13-23(16-20)37-2)32-25(19-8-4-3-5-9-19)33-27(24)35(34-18)22-12-7-11-21(29)17-22/h6-7,10-13,16-17,19H,3-5,8-9,14-15H2,1-2H3,(H,31,36)(H,30,32,33). The molecule has 0 saturated heterocycles. The van der Waals surface area contributed by atoms with Crippen LogP contribution < -0.4 is 15.4 Å². The van der Waals surface area contributed by atoms with E-state index in [4.69, 9.17) is 31.4 Å². The zero-order valence-corrected chi connectivity index (χ0v) is 21.9. The maximum absolute atomic E-state index is 12.6. The number of methoxy groups -OCH3 is 1. The third-order valence-electron chi connectivity index (χ3n) is 6.78. The lowest BCUT2D eigenvalue weighted by atomic mass is 9.88. The number of fused-ring (bicyclic) bond motifs is 1. The van der Waals surface area contributed by atoms with Gasteiger partial charge < -0.3 is 15.4 Å². The first-order chi connectivity index (χ1) is 18.0. The summed E-state index contributed by atoms with van der Waals surface area (Å²) in [6, 6.07) is 14.7. The first-order valence-corrected chi connectivity index (χ1v) is 13.1. The Hall–Kier alpha value is -3.65. The van der Waals surface area contributed by atoms with Crippen LogP contribution in [-0.2, 0) is 0 Å². The van der Waals surface area contributed by atoms with Crippen LogP contribution in [0.2, 0.25) is 5.02 Å². The number of carbonyl (C=O) groups excluding carboxylic acids is 1. The zero-order chi connectivity index (χ0) is 25.8. The number of rotatable bonds is 8. The van der Waals surface area contributed by atoms with Crippen molar-refractivity contribution in [3.63, 3.8) is 0 Å². The molecule has 1 fully saturated rings. The van der Waals surface area contributed by atoms with Gasteiger partial charge in [0.25, 0.3) is 5.91 Å². The van der Waals surface area contributed by atoms with Crippen molar-refractivity contribution in [2.45, 2.75) is 44.9 Å². The molecule has 0 atom stereocenters. The van der Waals surface area contributed by atoms with Gasteiger partial charge in [-0.25, -0.2) is 14.6 Å². The van der Waals surface area contributed by atoms with Crippen LogP contribution in [0.5, 0.6) is 5.75 Å². The van der Waals surface area contributed by atoms with Crippen molar-refractivity contribution < 1.29 is 9.53 Å². The normalized spacial score (nSPS) is 14.0. The molecule has 9 heteroatoms. The fraction of sp³-hybridized carbons (Fsp3) is 0.357. The van der Waals surface area contributed by atoms with E-state index < -0.39 is 0 Å². The van der Waals surface area contributed by atoms with Gasteiger partial charge in [0.05, 0.1) is 23.9 Å². The molecule has 0 unspecified atom stereocenters. The number of nitrogens with one attached hydrogen (secondary N) is 2. The van der Waals surface area contributed by atoms with Gasteiger partial charge in [-0.3, -0.25) is 4.79 Å². The molecule has 1 amide bonds. The molecule has 2 aromatic heterocycles. The molecule has 0 spiro atoms. The third kappa shape index (κ3) is 5.54. The van der Waals surface area contributed by atoms with Gasteiger partial charge in [0.2, 0.25) is 0 Å². The Labute approximate surface area is 221 Å². The summed E-state index contributed by atoms with van der Waals surface area (Å²) in [5, 5.41) is 12.7. The highest BCUT2D eigenvalue weighted by Gasteiger charge is 2.23. The van der Waals surface area contributed by atoms with Gasteiger partial charge in [0, 0.05) is 29.6 Å². The SMILES string of the molecule is COc1cccc(C(=O)NCCNc2nc(C3CCCCC3)nc3c2c(C)nn3-c2cccc(Cl)c2)c1. The molecular weight excluding hydrogens is 488 g/mol. The molecule has 1 saturated carbocycles. The number of ether oxygens (including phenoxy) is 1. The minimum atomic E-state index is -0.151. The second-order valence-electron chi connectivity index (χ2n) is 9.36. The Balaban J connectivity index is 1.41. The smallest absolute Gasteiger partial charge is 0.251 e. The molecule has 1 aliphatic carbocycles. The fourth-order valence-electron chi connectivity index (χ4n) is 4.88. The summed E-state index contributed by atoms with van der Waals surface area (Å²) < 4.78 is 7.07. The quantitative estimate of drug-likeness (QED) is 0.292. The Morgan fingerprint density at radius 1 is 1.08 bits per heavy atom. The molecule has 0 bridgehead atoms. The molecule has 1 aliphatic rings. The van der Waals surface area contributed by atoms with Gasteiger partial charge in [0.1, 0.15) is 17.4 Å². The minimum Gasteiger partial charge on any atom is -0.497 e. The number of benzene rings is 2. The van der Waals surface area contributed by atoms with E-state index in [1.165, 1.54) is 19.3 Å². The summed E-state index contributed by atoms with van der Waals surface area (Å²) in [6.07, 6.45) is 5.82. The molecule has 2 N–H and O–H groups in total. The Kier molecular flexibility index (Phi) is 7.55. The molecule has 192 valence electrons. The third-order valence-corrected chi connectivity index (χ3v) is 7.01. The van der Waals surface area contributed by atoms with Crippen molar-refractivity contribution >= 4 is 34.4 Å². The van der Waals surface area contributed by atoms with Gasteiger partial charge >= 0.3 is 0 Å². The molecule has 4 aromatic rings. The predicted octanol–water partition coefficient (Wildman–Crippen LogP) is 5.68. The van der Waals surface area contributed by atoms with Crippen molar-refractivity contribution in [1.82, 2.24) is 25.1 Å².